The van der Waals surface area contributed by atoms with Gasteiger partial charge in [0.25, 0.3) is 0 Å². The summed E-state index contributed by atoms with van der Waals surface area (Å²) in [6.07, 6.45) is 0.413. The number of halogens is 3. The molecule has 0 aromatic heterocycles. The van der Waals surface area contributed by atoms with E-state index in [0.717, 1.165) is 16.7 Å². The average Bonchev–Trinajstić information content (AvgIpc) is 2.39. The zero-order valence-corrected chi connectivity index (χ0v) is 13.4. The van der Waals surface area contributed by atoms with Crippen LogP contribution in [0.4, 0.5) is 4.39 Å². The van der Waals surface area contributed by atoms with Crippen molar-refractivity contribution in [3.05, 3.63) is 68.4 Å². The van der Waals surface area contributed by atoms with E-state index in [-0.39, 0.29) is 5.82 Å². The van der Waals surface area contributed by atoms with Crippen molar-refractivity contribution in [2.24, 2.45) is 5.84 Å². The van der Waals surface area contributed by atoms with E-state index in [1.165, 1.54) is 6.07 Å². The average molecular weight is 327 g/mol. The standard InChI is InChI=1S/C16H17Cl2FN2/c1-9-6-10(2)16(14(19)7-9)15(21-20)8-11-12(17)4-3-5-13(11)18/h3-7,15,21H,8,20H2,1-2H3. The van der Waals surface area contributed by atoms with Gasteiger partial charge >= 0.3 is 0 Å². The predicted octanol–water partition coefficient (Wildman–Crippen LogP) is 4.50. The summed E-state index contributed by atoms with van der Waals surface area (Å²) in [7, 11) is 0. The van der Waals surface area contributed by atoms with Crippen LogP contribution in [0.25, 0.3) is 0 Å². The van der Waals surface area contributed by atoms with Crippen molar-refractivity contribution in [1.82, 2.24) is 5.43 Å². The highest BCUT2D eigenvalue weighted by Gasteiger charge is 2.20. The highest BCUT2D eigenvalue weighted by Crippen LogP contribution is 2.31. The van der Waals surface area contributed by atoms with Gasteiger partial charge < -0.3 is 0 Å². The van der Waals surface area contributed by atoms with Gasteiger partial charge in [-0.3, -0.25) is 11.3 Å². The Labute approximate surface area is 134 Å². The van der Waals surface area contributed by atoms with Crippen molar-refractivity contribution in [2.75, 3.05) is 0 Å². The largest absolute Gasteiger partial charge is 0.271 e. The minimum atomic E-state index is -0.400. The second kappa shape index (κ2) is 6.75. The van der Waals surface area contributed by atoms with Crippen molar-refractivity contribution < 1.29 is 4.39 Å². The molecule has 0 radical (unpaired) electrons. The Balaban J connectivity index is 2.42. The third-order valence-electron chi connectivity index (χ3n) is 3.50. The minimum Gasteiger partial charge on any atom is -0.271 e. The molecule has 2 aromatic carbocycles. The lowest BCUT2D eigenvalue weighted by atomic mass is 9.94. The normalized spacial score (nSPS) is 12.5. The fourth-order valence-corrected chi connectivity index (χ4v) is 3.10. The second-order valence-electron chi connectivity index (χ2n) is 5.10. The molecule has 5 heteroatoms. The third kappa shape index (κ3) is 3.55. The summed E-state index contributed by atoms with van der Waals surface area (Å²) in [5, 5.41) is 1.10. The summed E-state index contributed by atoms with van der Waals surface area (Å²) in [5.41, 5.74) is 5.68. The maximum Gasteiger partial charge on any atom is 0.128 e. The van der Waals surface area contributed by atoms with Gasteiger partial charge in [0, 0.05) is 15.6 Å². The molecular weight excluding hydrogens is 310 g/mol. The van der Waals surface area contributed by atoms with Gasteiger partial charge in [0.1, 0.15) is 5.82 Å². The summed E-state index contributed by atoms with van der Waals surface area (Å²) in [6, 6.07) is 8.32. The van der Waals surface area contributed by atoms with E-state index in [0.29, 0.717) is 22.0 Å². The van der Waals surface area contributed by atoms with Crippen LogP contribution in [0.1, 0.15) is 28.3 Å². The number of nitrogens with two attached hydrogens (primary N) is 1. The first-order valence-electron chi connectivity index (χ1n) is 6.59. The molecule has 0 aliphatic heterocycles. The summed E-state index contributed by atoms with van der Waals surface area (Å²) >= 11 is 12.4. The molecule has 112 valence electrons. The Morgan fingerprint density at radius 3 is 2.33 bits per heavy atom. The first-order chi connectivity index (χ1) is 9.93. The lowest BCUT2D eigenvalue weighted by Gasteiger charge is -2.21. The molecule has 1 atom stereocenters. The molecule has 1 unspecified atom stereocenters. The van der Waals surface area contributed by atoms with Crippen LogP contribution in [0.2, 0.25) is 10.0 Å². The number of aryl methyl sites for hydroxylation is 2. The van der Waals surface area contributed by atoms with Crippen LogP contribution in [-0.2, 0) is 6.42 Å². The summed E-state index contributed by atoms with van der Waals surface area (Å²) < 4.78 is 14.3. The quantitative estimate of drug-likeness (QED) is 0.641. The molecule has 2 rings (SSSR count). The summed E-state index contributed by atoms with van der Waals surface area (Å²) in [4.78, 5) is 0. The van der Waals surface area contributed by atoms with E-state index < -0.39 is 6.04 Å². The van der Waals surface area contributed by atoms with Crippen LogP contribution >= 0.6 is 23.2 Å². The third-order valence-corrected chi connectivity index (χ3v) is 4.21. The number of benzene rings is 2. The van der Waals surface area contributed by atoms with E-state index in [9.17, 15) is 4.39 Å². The van der Waals surface area contributed by atoms with Crippen molar-refractivity contribution in [3.63, 3.8) is 0 Å². The monoisotopic (exact) mass is 326 g/mol. The van der Waals surface area contributed by atoms with Gasteiger partial charge in [-0.2, -0.15) is 0 Å². The van der Waals surface area contributed by atoms with Crippen molar-refractivity contribution in [1.29, 1.82) is 0 Å². The number of hydrogen-bond acceptors (Lipinski definition) is 2. The molecule has 0 aliphatic carbocycles. The SMILES string of the molecule is Cc1cc(C)c(C(Cc2c(Cl)cccc2Cl)NN)c(F)c1. The molecule has 0 spiro atoms. The molecule has 2 aromatic rings. The highest BCUT2D eigenvalue weighted by atomic mass is 35.5. The van der Waals surface area contributed by atoms with Gasteiger partial charge in [-0.15, -0.1) is 0 Å². The first kappa shape index (κ1) is 16.2. The van der Waals surface area contributed by atoms with Crippen LogP contribution < -0.4 is 11.3 Å². The zero-order valence-electron chi connectivity index (χ0n) is 11.9. The Morgan fingerprint density at radius 2 is 1.81 bits per heavy atom. The maximum absolute atomic E-state index is 14.3. The fourth-order valence-electron chi connectivity index (χ4n) is 2.54. The van der Waals surface area contributed by atoms with Crippen molar-refractivity contribution in [2.45, 2.75) is 26.3 Å². The molecule has 0 bridgehead atoms. The first-order valence-corrected chi connectivity index (χ1v) is 7.35. The highest BCUT2D eigenvalue weighted by molar-refractivity contribution is 6.36. The molecule has 0 fully saturated rings. The Morgan fingerprint density at radius 1 is 1.19 bits per heavy atom. The molecular formula is C16H17Cl2FN2. The van der Waals surface area contributed by atoms with E-state index in [1.54, 1.807) is 18.2 Å². The van der Waals surface area contributed by atoms with Crippen LogP contribution in [-0.4, -0.2) is 0 Å². The summed E-state index contributed by atoms with van der Waals surface area (Å²) in [5.74, 6) is 5.35. The molecule has 2 nitrogen and oxygen atoms in total. The smallest absolute Gasteiger partial charge is 0.128 e. The Kier molecular flexibility index (Phi) is 5.22. The van der Waals surface area contributed by atoms with Crippen molar-refractivity contribution in [3.8, 4) is 0 Å². The van der Waals surface area contributed by atoms with E-state index in [2.05, 4.69) is 5.43 Å². The molecule has 0 saturated carbocycles. The maximum atomic E-state index is 14.3. The molecule has 0 saturated heterocycles. The van der Waals surface area contributed by atoms with E-state index in [4.69, 9.17) is 29.0 Å². The second-order valence-corrected chi connectivity index (χ2v) is 5.92. The fraction of sp³-hybridized carbons (Fsp3) is 0.250. The van der Waals surface area contributed by atoms with Crippen LogP contribution in [0.3, 0.4) is 0 Å². The van der Waals surface area contributed by atoms with E-state index in [1.807, 2.05) is 19.9 Å². The number of nitrogens with one attached hydrogen (secondary N) is 1. The number of hydrazine groups is 1. The predicted molar refractivity (Wildman–Crippen MR) is 86.1 cm³/mol. The molecule has 0 heterocycles. The topological polar surface area (TPSA) is 38.0 Å². The minimum absolute atomic E-state index is 0.279. The molecule has 0 amide bonds. The van der Waals surface area contributed by atoms with Gasteiger partial charge in [-0.1, -0.05) is 35.3 Å². The Hall–Kier alpha value is -1.13. The lowest BCUT2D eigenvalue weighted by Crippen LogP contribution is -2.31. The zero-order chi connectivity index (χ0) is 15.6. The Bertz CT molecular complexity index is 615. The molecule has 3 N–H and O–H groups in total. The lowest BCUT2D eigenvalue weighted by molar-refractivity contribution is 0.507. The number of hydrogen-bond donors (Lipinski definition) is 2. The van der Waals surface area contributed by atoms with Gasteiger partial charge in [0.15, 0.2) is 0 Å². The van der Waals surface area contributed by atoms with Crippen molar-refractivity contribution >= 4 is 23.2 Å². The number of rotatable bonds is 4. The van der Waals surface area contributed by atoms with E-state index >= 15 is 0 Å². The van der Waals surface area contributed by atoms with Crippen LogP contribution in [0.5, 0.6) is 0 Å². The summed E-state index contributed by atoms with van der Waals surface area (Å²) in [6.45, 7) is 3.72. The van der Waals surface area contributed by atoms with Crippen LogP contribution in [0, 0.1) is 19.7 Å². The van der Waals surface area contributed by atoms with Crippen LogP contribution in [0.15, 0.2) is 30.3 Å². The molecule has 0 aliphatic rings. The molecule has 21 heavy (non-hydrogen) atoms. The van der Waals surface area contributed by atoms with Gasteiger partial charge in [-0.05, 0) is 55.2 Å². The van der Waals surface area contributed by atoms with Gasteiger partial charge in [0.2, 0.25) is 0 Å². The van der Waals surface area contributed by atoms with Gasteiger partial charge in [0.05, 0.1) is 6.04 Å². The van der Waals surface area contributed by atoms with Gasteiger partial charge in [-0.25, -0.2) is 4.39 Å².